The van der Waals surface area contributed by atoms with E-state index in [1.807, 2.05) is 6.92 Å². The van der Waals surface area contributed by atoms with Crippen molar-refractivity contribution in [3.8, 4) is 17.2 Å². The highest BCUT2D eigenvalue weighted by Gasteiger charge is 2.35. The van der Waals surface area contributed by atoms with Crippen LogP contribution in [0.25, 0.3) is 6.08 Å². The smallest absolute Gasteiger partial charge is 0.331 e. The number of nitrogens with one attached hydrogen (secondary N) is 1. The van der Waals surface area contributed by atoms with Crippen LogP contribution in [0.2, 0.25) is 0 Å². The average molecular weight is 362 g/mol. The fraction of sp³-hybridized carbons (Fsp3) is 0.389. The Morgan fingerprint density at radius 3 is 2.31 bits per heavy atom. The number of carbonyl (C=O) groups is 3. The third-order valence-electron chi connectivity index (χ3n) is 3.96. The number of hydrogen-bond acceptors (Lipinski definition) is 6. The van der Waals surface area contributed by atoms with E-state index in [1.54, 1.807) is 12.1 Å². The predicted octanol–water partition coefficient (Wildman–Crippen LogP) is 1.97. The molecule has 0 atom stereocenters. The van der Waals surface area contributed by atoms with Gasteiger partial charge in [0.05, 0.1) is 21.3 Å². The molecule has 0 aromatic heterocycles. The van der Waals surface area contributed by atoms with Gasteiger partial charge < -0.3 is 14.2 Å². The Morgan fingerprint density at radius 1 is 1.04 bits per heavy atom. The van der Waals surface area contributed by atoms with Gasteiger partial charge in [-0.2, -0.15) is 0 Å². The predicted molar refractivity (Wildman–Crippen MR) is 94.2 cm³/mol. The van der Waals surface area contributed by atoms with E-state index in [4.69, 9.17) is 14.2 Å². The van der Waals surface area contributed by atoms with Crippen molar-refractivity contribution in [2.75, 3.05) is 27.9 Å². The van der Waals surface area contributed by atoms with E-state index in [1.165, 1.54) is 27.4 Å². The maximum Gasteiger partial charge on any atom is 0.331 e. The molecule has 0 radical (unpaired) electrons. The fourth-order valence-electron chi connectivity index (χ4n) is 2.61. The quantitative estimate of drug-likeness (QED) is 0.589. The molecule has 1 aliphatic rings. The van der Waals surface area contributed by atoms with Crippen molar-refractivity contribution in [1.82, 2.24) is 10.2 Å². The van der Waals surface area contributed by atoms with Crippen LogP contribution in [0.1, 0.15) is 25.3 Å². The van der Waals surface area contributed by atoms with E-state index in [2.05, 4.69) is 5.32 Å². The van der Waals surface area contributed by atoms with Gasteiger partial charge >= 0.3 is 6.03 Å². The van der Waals surface area contributed by atoms with E-state index in [-0.39, 0.29) is 12.1 Å². The van der Waals surface area contributed by atoms with Crippen molar-refractivity contribution in [3.05, 3.63) is 23.3 Å². The molecule has 1 aliphatic heterocycles. The molecule has 0 unspecified atom stereocenters. The summed E-state index contributed by atoms with van der Waals surface area (Å²) in [6, 6.07) is 2.57. The van der Waals surface area contributed by atoms with Gasteiger partial charge in [0.1, 0.15) is 5.57 Å². The molecule has 0 bridgehead atoms. The fourth-order valence-corrected chi connectivity index (χ4v) is 2.61. The van der Waals surface area contributed by atoms with Crippen LogP contribution in [0.3, 0.4) is 0 Å². The van der Waals surface area contributed by atoms with Crippen molar-refractivity contribution < 1.29 is 28.6 Å². The molecule has 1 saturated heterocycles. The number of barbiturate groups is 1. The van der Waals surface area contributed by atoms with Crippen molar-refractivity contribution in [3.63, 3.8) is 0 Å². The summed E-state index contributed by atoms with van der Waals surface area (Å²) in [4.78, 5) is 37.7. The number of urea groups is 1. The van der Waals surface area contributed by atoms with Gasteiger partial charge in [-0.15, -0.1) is 0 Å². The van der Waals surface area contributed by atoms with E-state index >= 15 is 0 Å². The second-order valence-electron chi connectivity index (χ2n) is 5.55. The number of rotatable bonds is 7. The molecule has 1 aromatic rings. The van der Waals surface area contributed by atoms with E-state index in [9.17, 15) is 14.4 Å². The van der Waals surface area contributed by atoms with Gasteiger partial charge in [0.25, 0.3) is 11.8 Å². The number of benzene rings is 1. The van der Waals surface area contributed by atoms with E-state index in [0.29, 0.717) is 29.2 Å². The Labute approximate surface area is 151 Å². The summed E-state index contributed by atoms with van der Waals surface area (Å²) in [6.45, 7) is 2.19. The van der Waals surface area contributed by atoms with Crippen molar-refractivity contribution >= 4 is 23.9 Å². The SMILES string of the molecule is CCCCN1C(=O)NC(=O)C(=Cc2ccc(OC)c(OC)c2OC)C1=O. The summed E-state index contributed by atoms with van der Waals surface area (Å²) in [5.41, 5.74) is 0.305. The molecule has 4 amide bonds. The first-order valence-electron chi connectivity index (χ1n) is 8.16. The molecule has 0 saturated carbocycles. The van der Waals surface area contributed by atoms with Crippen molar-refractivity contribution in [2.45, 2.75) is 19.8 Å². The molecule has 0 spiro atoms. The molecule has 8 heteroatoms. The molecular weight excluding hydrogens is 340 g/mol. The number of methoxy groups -OCH3 is 3. The van der Waals surface area contributed by atoms with Crippen LogP contribution in [0, 0.1) is 0 Å². The lowest BCUT2D eigenvalue weighted by Crippen LogP contribution is -2.54. The summed E-state index contributed by atoms with van der Waals surface area (Å²) < 4.78 is 15.9. The minimum atomic E-state index is -0.746. The zero-order valence-corrected chi connectivity index (χ0v) is 15.3. The number of ether oxygens (including phenoxy) is 3. The monoisotopic (exact) mass is 362 g/mol. The Hall–Kier alpha value is -3.03. The number of nitrogens with zero attached hydrogens (tertiary/aromatic N) is 1. The minimum absolute atomic E-state index is 0.147. The number of amides is 4. The number of unbranched alkanes of at least 4 members (excludes halogenated alkanes) is 1. The Bertz CT molecular complexity index is 756. The molecule has 1 N–H and O–H groups in total. The number of carbonyl (C=O) groups excluding carboxylic acids is 3. The standard InChI is InChI=1S/C18H22N2O6/c1-5-6-9-20-17(22)12(16(21)19-18(20)23)10-11-7-8-13(24-2)15(26-4)14(11)25-3/h7-8,10H,5-6,9H2,1-4H3,(H,19,21,23). The molecule has 1 heterocycles. The van der Waals surface area contributed by atoms with Crippen LogP contribution in [-0.2, 0) is 9.59 Å². The Balaban J connectivity index is 2.48. The highest BCUT2D eigenvalue weighted by molar-refractivity contribution is 6.31. The lowest BCUT2D eigenvalue weighted by molar-refractivity contribution is -0.130. The van der Waals surface area contributed by atoms with Gasteiger partial charge in [-0.1, -0.05) is 13.3 Å². The van der Waals surface area contributed by atoms with Gasteiger partial charge in [-0.25, -0.2) is 4.79 Å². The van der Waals surface area contributed by atoms with Crippen LogP contribution < -0.4 is 19.5 Å². The van der Waals surface area contributed by atoms with Crippen LogP contribution in [0.4, 0.5) is 4.79 Å². The van der Waals surface area contributed by atoms with Crippen LogP contribution in [0.15, 0.2) is 17.7 Å². The first-order chi connectivity index (χ1) is 12.5. The maximum atomic E-state index is 12.6. The van der Waals surface area contributed by atoms with Crippen LogP contribution >= 0.6 is 0 Å². The normalized spacial score (nSPS) is 15.9. The molecule has 26 heavy (non-hydrogen) atoms. The van der Waals surface area contributed by atoms with Crippen LogP contribution in [-0.4, -0.2) is 50.6 Å². The summed E-state index contributed by atoms with van der Waals surface area (Å²) >= 11 is 0. The molecule has 8 nitrogen and oxygen atoms in total. The summed E-state index contributed by atoms with van der Waals surface area (Å²) in [6.07, 6.45) is 2.84. The molecule has 1 aromatic carbocycles. The highest BCUT2D eigenvalue weighted by Crippen LogP contribution is 2.40. The Morgan fingerprint density at radius 2 is 1.73 bits per heavy atom. The third-order valence-corrected chi connectivity index (χ3v) is 3.96. The van der Waals surface area contributed by atoms with Gasteiger partial charge in [0.15, 0.2) is 11.5 Å². The third kappa shape index (κ3) is 3.63. The van der Waals surface area contributed by atoms with E-state index < -0.39 is 17.8 Å². The first-order valence-corrected chi connectivity index (χ1v) is 8.16. The largest absolute Gasteiger partial charge is 0.493 e. The summed E-state index contributed by atoms with van der Waals surface area (Å²) in [5.74, 6) is -0.275. The lowest BCUT2D eigenvalue weighted by atomic mass is 10.1. The summed E-state index contributed by atoms with van der Waals surface area (Å²) in [5, 5.41) is 2.19. The molecule has 0 aliphatic carbocycles. The number of hydrogen-bond donors (Lipinski definition) is 1. The van der Waals surface area contributed by atoms with E-state index in [0.717, 1.165) is 11.3 Å². The topological polar surface area (TPSA) is 94.2 Å². The molecule has 2 rings (SSSR count). The van der Waals surface area contributed by atoms with Gasteiger partial charge in [0, 0.05) is 12.1 Å². The lowest BCUT2D eigenvalue weighted by Gasteiger charge is -2.26. The zero-order valence-electron chi connectivity index (χ0n) is 15.3. The van der Waals surface area contributed by atoms with Crippen molar-refractivity contribution in [1.29, 1.82) is 0 Å². The second kappa shape index (κ2) is 8.37. The average Bonchev–Trinajstić information content (AvgIpc) is 2.64. The van der Waals surface area contributed by atoms with Crippen molar-refractivity contribution in [2.24, 2.45) is 0 Å². The van der Waals surface area contributed by atoms with Gasteiger partial charge in [0.2, 0.25) is 5.75 Å². The molecule has 1 fully saturated rings. The molecular formula is C18H22N2O6. The second-order valence-corrected chi connectivity index (χ2v) is 5.55. The Kier molecular flexibility index (Phi) is 6.21. The zero-order chi connectivity index (χ0) is 19.3. The number of imide groups is 2. The van der Waals surface area contributed by atoms with Gasteiger partial charge in [-0.3, -0.25) is 19.8 Å². The van der Waals surface area contributed by atoms with Gasteiger partial charge in [-0.05, 0) is 24.6 Å². The van der Waals surface area contributed by atoms with Crippen LogP contribution in [0.5, 0.6) is 17.2 Å². The first kappa shape index (κ1) is 19.3. The highest BCUT2D eigenvalue weighted by atomic mass is 16.5. The minimum Gasteiger partial charge on any atom is -0.493 e. The summed E-state index contributed by atoms with van der Waals surface area (Å²) in [7, 11) is 4.39. The molecule has 140 valence electrons. The maximum absolute atomic E-state index is 12.6.